The van der Waals surface area contributed by atoms with Crippen LogP contribution in [-0.4, -0.2) is 37.2 Å². The molecule has 4 aromatic rings. The number of ether oxygens (including phenoxy) is 2. The lowest BCUT2D eigenvalue weighted by Crippen LogP contribution is -2.01. The van der Waals surface area contributed by atoms with Crippen molar-refractivity contribution in [2.45, 2.75) is 19.4 Å². The maximum absolute atomic E-state index is 5.77. The van der Waals surface area contributed by atoms with Gasteiger partial charge in [0.25, 0.3) is 0 Å². The fraction of sp³-hybridized carbons (Fsp3) is 0.222. The highest BCUT2D eigenvalue weighted by Crippen LogP contribution is 2.19. The van der Waals surface area contributed by atoms with Crippen molar-refractivity contribution in [3.8, 4) is 11.5 Å². The first-order valence-electron chi connectivity index (χ1n) is 8.38. The largest absolute Gasteiger partial charge is 0.494 e. The average molecular weight is 350 g/mol. The summed E-state index contributed by atoms with van der Waals surface area (Å²) in [5, 5.41) is 13.8. The van der Waals surface area contributed by atoms with Gasteiger partial charge in [0.2, 0.25) is 0 Å². The number of tetrazole rings is 1. The molecule has 0 amide bonds. The van der Waals surface area contributed by atoms with Gasteiger partial charge >= 0.3 is 0 Å². The molecule has 0 aliphatic heterocycles. The summed E-state index contributed by atoms with van der Waals surface area (Å²) < 4.78 is 11.5. The van der Waals surface area contributed by atoms with Gasteiger partial charge in [0.05, 0.1) is 17.6 Å². The minimum Gasteiger partial charge on any atom is -0.494 e. The number of fused-ring (bicyclic) bond motifs is 1. The monoisotopic (exact) mass is 350 g/mol. The highest BCUT2D eigenvalue weighted by atomic mass is 16.5. The molecule has 8 nitrogen and oxygen atoms in total. The minimum absolute atomic E-state index is 0.388. The van der Waals surface area contributed by atoms with Crippen molar-refractivity contribution in [3.63, 3.8) is 0 Å². The van der Waals surface area contributed by atoms with E-state index >= 15 is 0 Å². The Morgan fingerprint density at radius 2 is 1.73 bits per heavy atom. The zero-order valence-electron chi connectivity index (χ0n) is 14.1. The third-order valence-corrected chi connectivity index (χ3v) is 3.84. The number of hydrogen-bond acceptors (Lipinski definition) is 6. The number of imidazole rings is 1. The Kier molecular flexibility index (Phi) is 4.72. The van der Waals surface area contributed by atoms with Crippen molar-refractivity contribution in [2.24, 2.45) is 0 Å². The molecule has 4 rings (SSSR count). The van der Waals surface area contributed by atoms with Crippen LogP contribution >= 0.6 is 0 Å². The number of hydrogen-bond donors (Lipinski definition) is 2. The number of H-pyrrole nitrogens is 2. The van der Waals surface area contributed by atoms with Gasteiger partial charge in [-0.1, -0.05) is 17.3 Å². The van der Waals surface area contributed by atoms with Gasteiger partial charge in [-0.05, 0) is 42.8 Å². The molecule has 2 N–H and O–H groups in total. The molecule has 0 saturated carbocycles. The highest BCUT2D eigenvalue weighted by molar-refractivity contribution is 5.74. The number of nitrogens with zero attached hydrogens (tertiary/aromatic N) is 4. The molecule has 0 aliphatic carbocycles. The minimum atomic E-state index is 0.388. The third kappa shape index (κ3) is 3.97. The molecule has 2 heterocycles. The van der Waals surface area contributed by atoms with E-state index in [1.807, 2.05) is 48.5 Å². The van der Waals surface area contributed by atoms with E-state index in [2.05, 4.69) is 30.6 Å². The zero-order valence-corrected chi connectivity index (χ0v) is 14.1. The van der Waals surface area contributed by atoms with Crippen LogP contribution in [0.15, 0.2) is 48.5 Å². The topological polar surface area (TPSA) is 102 Å². The third-order valence-electron chi connectivity index (χ3n) is 3.84. The highest BCUT2D eigenvalue weighted by Gasteiger charge is 2.04. The summed E-state index contributed by atoms with van der Waals surface area (Å²) >= 11 is 0. The summed E-state index contributed by atoms with van der Waals surface area (Å²) in [4.78, 5) is 7.74. The standard InChI is InChI=1S/C18H18N6O2/c1-2-5-16-15(4-1)19-18(20-16)12-26-14-9-7-13(8-10-14)25-11-3-6-17-21-23-24-22-17/h1-2,4-5,7-10H,3,6,11-12H2,(H,19,20)(H,21,22,23,24). The Labute approximate surface area is 149 Å². The Morgan fingerprint density at radius 3 is 2.50 bits per heavy atom. The van der Waals surface area contributed by atoms with Crippen LogP contribution in [-0.2, 0) is 13.0 Å². The molecule has 8 heteroatoms. The second-order valence-electron chi connectivity index (χ2n) is 5.74. The van der Waals surface area contributed by atoms with Gasteiger partial charge in [-0.3, -0.25) is 0 Å². The van der Waals surface area contributed by atoms with Crippen LogP contribution in [0, 0.1) is 0 Å². The molecule has 0 radical (unpaired) electrons. The fourth-order valence-electron chi connectivity index (χ4n) is 2.57. The predicted octanol–water partition coefficient (Wildman–Crippen LogP) is 2.67. The molecular formula is C18H18N6O2. The Bertz CT molecular complexity index is 916. The van der Waals surface area contributed by atoms with Crippen molar-refractivity contribution in [1.29, 1.82) is 0 Å². The van der Waals surface area contributed by atoms with Crippen LogP contribution < -0.4 is 9.47 Å². The van der Waals surface area contributed by atoms with Gasteiger partial charge in [-0.2, -0.15) is 5.21 Å². The zero-order chi connectivity index (χ0) is 17.6. The van der Waals surface area contributed by atoms with E-state index in [0.29, 0.717) is 19.0 Å². The van der Waals surface area contributed by atoms with Crippen molar-refractivity contribution in [1.82, 2.24) is 30.6 Å². The average Bonchev–Trinajstić information content (AvgIpc) is 3.33. The first-order chi connectivity index (χ1) is 12.9. The van der Waals surface area contributed by atoms with Gasteiger partial charge in [0, 0.05) is 6.42 Å². The molecule has 0 unspecified atom stereocenters. The summed E-state index contributed by atoms with van der Waals surface area (Å²) in [6.45, 7) is 0.979. The smallest absolute Gasteiger partial charge is 0.174 e. The molecule has 0 aliphatic rings. The summed E-state index contributed by atoms with van der Waals surface area (Å²) in [5.41, 5.74) is 1.95. The van der Waals surface area contributed by atoms with Gasteiger partial charge in [-0.15, -0.1) is 10.2 Å². The number of rotatable bonds is 8. The van der Waals surface area contributed by atoms with E-state index in [4.69, 9.17) is 9.47 Å². The quantitative estimate of drug-likeness (QED) is 0.474. The van der Waals surface area contributed by atoms with E-state index in [0.717, 1.165) is 41.2 Å². The number of benzene rings is 2. The van der Waals surface area contributed by atoms with E-state index < -0.39 is 0 Å². The molecule has 0 saturated heterocycles. The number of aromatic amines is 2. The molecule has 0 bridgehead atoms. The van der Waals surface area contributed by atoms with E-state index in [1.165, 1.54) is 0 Å². The van der Waals surface area contributed by atoms with Crippen molar-refractivity contribution in [3.05, 3.63) is 60.2 Å². The maximum atomic E-state index is 5.77. The Hall–Kier alpha value is -3.42. The first kappa shape index (κ1) is 16.1. The van der Waals surface area contributed by atoms with E-state index in [1.54, 1.807) is 0 Å². The van der Waals surface area contributed by atoms with Gasteiger partial charge in [0.1, 0.15) is 23.9 Å². The lowest BCUT2D eigenvalue weighted by molar-refractivity contribution is 0.293. The predicted molar refractivity (Wildman–Crippen MR) is 94.9 cm³/mol. The Balaban J connectivity index is 1.24. The summed E-state index contributed by atoms with van der Waals surface area (Å²) in [6, 6.07) is 15.5. The van der Waals surface area contributed by atoms with E-state index in [9.17, 15) is 0 Å². The molecule has 26 heavy (non-hydrogen) atoms. The summed E-state index contributed by atoms with van der Waals surface area (Å²) in [7, 11) is 0. The fourth-order valence-corrected chi connectivity index (χ4v) is 2.57. The Morgan fingerprint density at radius 1 is 0.923 bits per heavy atom. The molecular weight excluding hydrogens is 332 g/mol. The second kappa shape index (κ2) is 7.64. The van der Waals surface area contributed by atoms with Crippen molar-refractivity contribution >= 4 is 11.0 Å². The molecule has 0 fully saturated rings. The number of aryl methyl sites for hydroxylation is 1. The number of para-hydroxylation sites is 2. The van der Waals surface area contributed by atoms with Crippen molar-refractivity contribution < 1.29 is 9.47 Å². The van der Waals surface area contributed by atoms with Crippen LogP contribution in [0.5, 0.6) is 11.5 Å². The number of nitrogens with one attached hydrogen (secondary N) is 2. The van der Waals surface area contributed by atoms with Gasteiger partial charge < -0.3 is 14.5 Å². The molecule has 2 aromatic heterocycles. The lowest BCUT2D eigenvalue weighted by Gasteiger charge is -2.07. The van der Waals surface area contributed by atoms with Gasteiger partial charge in [-0.25, -0.2) is 4.98 Å². The SMILES string of the molecule is c1ccc2[nH]c(COc3ccc(OCCCc4nn[nH]n4)cc3)nc2c1. The maximum Gasteiger partial charge on any atom is 0.174 e. The molecule has 2 aromatic carbocycles. The number of aromatic nitrogens is 6. The first-order valence-corrected chi connectivity index (χ1v) is 8.38. The second-order valence-corrected chi connectivity index (χ2v) is 5.74. The van der Waals surface area contributed by atoms with Crippen LogP contribution in [0.4, 0.5) is 0 Å². The van der Waals surface area contributed by atoms with Crippen LogP contribution in [0.25, 0.3) is 11.0 Å². The van der Waals surface area contributed by atoms with Gasteiger partial charge in [0.15, 0.2) is 5.82 Å². The molecule has 132 valence electrons. The van der Waals surface area contributed by atoms with Crippen LogP contribution in [0.1, 0.15) is 18.1 Å². The summed E-state index contributed by atoms with van der Waals surface area (Å²) in [6.07, 6.45) is 1.55. The molecule has 0 atom stereocenters. The summed E-state index contributed by atoms with van der Waals surface area (Å²) in [5.74, 6) is 3.06. The lowest BCUT2D eigenvalue weighted by atomic mass is 10.3. The van der Waals surface area contributed by atoms with Crippen LogP contribution in [0.3, 0.4) is 0 Å². The van der Waals surface area contributed by atoms with E-state index in [-0.39, 0.29) is 0 Å². The molecule has 0 spiro atoms. The van der Waals surface area contributed by atoms with Crippen LogP contribution in [0.2, 0.25) is 0 Å². The van der Waals surface area contributed by atoms with Crippen molar-refractivity contribution in [2.75, 3.05) is 6.61 Å². The normalized spacial score (nSPS) is 10.9.